The largest absolute Gasteiger partial charge is 0.351 e. The molecule has 0 saturated heterocycles. The van der Waals surface area contributed by atoms with Crippen molar-refractivity contribution in [1.82, 2.24) is 5.16 Å². The standard InChI is InChI=1S/C8H13NOS/c1-11(2)8-5-7(9-10-8)6-3-4-6/h5-6,11H,3-4H2,1-2H3. The third-order valence-electron chi connectivity index (χ3n) is 1.95. The van der Waals surface area contributed by atoms with Crippen molar-refractivity contribution in [2.75, 3.05) is 12.5 Å². The van der Waals surface area contributed by atoms with Crippen LogP contribution in [0.25, 0.3) is 0 Å². The molecule has 1 aliphatic rings. The van der Waals surface area contributed by atoms with Crippen molar-refractivity contribution in [3.63, 3.8) is 0 Å². The van der Waals surface area contributed by atoms with Gasteiger partial charge in [0.15, 0.2) is 5.09 Å². The van der Waals surface area contributed by atoms with Crippen LogP contribution in [0.1, 0.15) is 24.5 Å². The van der Waals surface area contributed by atoms with Crippen LogP contribution in [-0.4, -0.2) is 17.7 Å². The summed E-state index contributed by atoms with van der Waals surface area (Å²) in [5.41, 5.74) is 1.18. The Bertz CT molecular complexity index is 236. The highest BCUT2D eigenvalue weighted by molar-refractivity contribution is 8.15. The lowest BCUT2D eigenvalue weighted by Crippen LogP contribution is -1.74. The Labute approximate surface area is 69.3 Å². The van der Waals surface area contributed by atoms with Crippen LogP contribution in [0.15, 0.2) is 15.7 Å². The zero-order valence-electron chi connectivity index (χ0n) is 6.87. The highest BCUT2D eigenvalue weighted by Gasteiger charge is 2.27. The van der Waals surface area contributed by atoms with E-state index >= 15 is 0 Å². The zero-order valence-corrected chi connectivity index (χ0v) is 7.77. The van der Waals surface area contributed by atoms with Gasteiger partial charge in [-0.15, -0.1) is 0 Å². The molecule has 1 aromatic heterocycles. The molecule has 0 radical (unpaired) electrons. The monoisotopic (exact) mass is 171 g/mol. The van der Waals surface area contributed by atoms with Gasteiger partial charge in [0.1, 0.15) is 0 Å². The lowest BCUT2D eigenvalue weighted by molar-refractivity contribution is 0.344. The first-order valence-electron chi connectivity index (χ1n) is 3.91. The number of nitrogens with zero attached hydrogens (tertiary/aromatic N) is 1. The molecule has 2 rings (SSSR count). The fourth-order valence-electron chi connectivity index (χ4n) is 1.06. The van der Waals surface area contributed by atoms with E-state index in [-0.39, 0.29) is 10.9 Å². The summed E-state index contributed by atoms with van der Waals surface area (Å²) in [5.74, 6) is 0.724. The topological polar surface area (TPSA) is 26.0 Å². The Morgan fingerprint density at radius 2 is 2.27 bits per heavy atom. The maximum absolute atomic E-state index is 5.21. The van der Waals surface area contributed by atoms with E-state index in [9.17, 15) is 0 Å². The molecular weight excluding hydrogens is 158 g/mol. The van der Waals surface area contributed by atoms with E-state index in [0.717, 1.165) is 11.0 Å². The third kappa shape index (κ3) is 1.43. The predicted octanol–water partition coefficient (Wildman–Crippen LogP) is 2.17. The molecule has 2 nitrogen and oxygen atoms in total. The molecule has 1 fully saturated rings. The van der Waals surface area contributed by atoms with E-state index in [0.29, 0.717) is 0 Å². The fraction of sp³-hybridized carbons (Fsp3) is 0.625. The van der Waals surface area contributed by atoms with Crippen LogP contribution in [-0.2, 0) is 0 Å². The van der Waals surface area contributed by atoms with E-state index in [2.05, 4.69) is 23.7 Å². The van der Waals surface area contributed by atoms with Crippen LogP contribution in [0.5, 0.6) is 0 Å². The zero-order chi connectivity index (χ0) is 7.84. The molecule has 0 spiro atoms. The Morgan fingerprint density at radius 3 is 2.73 bits per heavy atom. The van der Waals surface area contributed by atoms with Gasteiger partial charge in [0.25, 0.3) is 0 Å². The molecule has 0 atom stereocenters. The predicted molar refractivity (Wildman–Crippen MR) is 47.6 cm³/mol. The van der Waals surface area contributed by atoms with Crippen LogP contribution < -0.4 is 0 Å². The summed E-state index contributed by atoms with van der Waals surface area (Å²) in [4.78, 5) is 0. The van der Waals surface area contributed by atoms with Crippen molar-refractivity contribution in [2.24, 2.45) is 0 Å². The normalized spacial score (nSPS) is 18.5. The van der Waals surface area contributed by atoms with E-state index < -0.39 is 0 Å². The van der Waals surface area contributed by atoms with Crippen molar-refractivity contribution in [3.05, 3.63) is 11.8 Å². The SMILES string of the molecule is C[SH](C)c1cc(C2CC2)no1. The highest BCUT2D eigenvalue weighted by atomic mass is 32.2. The van der Waals surface area contributed by atoms with Gasteiger partial charge in [-0.1, -0.05) is 5.16 Å². The smallest absolute Gasteiger partial charge is 0.173 e. The second-order valence-corrected chi connectivity index (χ2v) is 5.49. The lowest BCUT2D eigenvalue weighted by atomic mass is 10.3. The summed E-state index contributed by atoms with van der Waals surface area (Å²) in [6.07, 6.45) is 6.98. The van der Waals surface area contributed by atoms with Crippen molar-refractivity contribution in [3.8, 4) is 0 Å². The molecule has 0 bridgehead atoms. The minimum atomic E-state index is -0.101. The summed E-state index contributed by atoms with van der Waals surface area (Å²) in [6.45, 7) is 0. The van der Waals surface area contributed by atoms with Gasteiger partial charge in [-0.2, -0.15) is 10.9 Å². The van der Waals surface area contributed by atoms with Gasteiger partial charge in [0, 0.05) is 12.0 Å². The Kier molecular flexibility index (Phi) is 1.68. The number of thiol groups is 1. The van der Waals surface area contributed by atoms with Crippen LogP contribution >= 0.6 is 10.9 Å². The van der Waals surface area contributed by atoms with E-state index in [1.54, 1.807) is 0 Å². The summed E-state index contributed by atoms with van der Waals surface area (Å²) < 4.78 is 5.21. The molecule has 0 aliphatic heterocycles. The van der Waals surface area contributed by atoms with Crippen LogP contribution in [0, 0.1) is 0 Å². The van der Waals surface area contributed by atoms with Crippen LogP contribution in [0.4, 0.5) is 0 Å². The summed E-state index contributed by atoms with van der Waals surface area (Å²) in [6, 6.07) is 2.13. The molecule has 1 saturated carbocycles. The first kappa shape index (κ1) is 7.22. The van der Waals surface area contributed by atoms with E-state index in [4.69, 9.17) is 4.52 Å². The van der Waals surface area contributed by atoms with Crippen molar-refractivity contribution in [1.29, 1.82) is 0 Å². The lowest BCUT2D eigenvalue weighted by Gasteiger charge is -1.99. The van der Waals surface area contributed by atoms with Crippen LogP contribution in [0.2, 0.25) is 0 Å². The molecule has 62 valence electrons. The van der Waals surface area contributed by atoms with Gasteiger partial charge >= 0.3 is 0 Å². The molecular formula is C8H13NOS. The summed E-state index contributed by atoms with van der Waals surface area (Å²) in [5, 5.41) is 5.13. The number of rotatable bonds is 2. The van der Waals surface area contributed by atoms with Crippen LogP contribution in [0.3, 0.4) is 0 Å². The Morgan fingerprint density at radius 1 is 1.55 bits per heavy atom. The average Bonchev–Trinajstić information content (AvgIpc) is 2.68. The fourth-order valence-corrected chi connectivity index (χ4v) is 1.66. The van der Waals surface area contributed by atoms with Gasteiger partial charge in [0.05, 0.1) is 5.69 Å². The Balaban J connectivity index is 2.18. The van der Waals surface area contributed by atoms with Gasteiger partial charge in [0.2, 0.25) is 0 Å². The maximum Gasteiger partial charge on any atom is 0.173 e. The minimum absolute atomic E-state index is 0.101. The second kappa shape index (κ2) is 2.55. The molecule has 11 heavy (non-hydrogen) atoms. The first-order valence-corrected chi connectivity index (χ1v) is 6.15. The average molecular weight is 171 g/mol. The summed E-state index contributed by atoms with van der Waals surface area (Å²) in [7, 11) is -0.101. The number of aromatic nitrogens is 1. The molecule has 0 aromatic carbocycles. The highest BCUT2D eigenvalue weighted by Crippen LogP contribution is 2.41. The van der Waals surface area contributed by atoms with Crippen molar-refractivity contribution >= 4 is 10.9 Å². The molecule has 0 N–H and O–H groups in total. The van der Waals surface area contributed by atoms with E-state index in [1.165, 1.54) is 18.5 Å². The number of hydrogen-bond acceptors (Lipinski definition) is 2. The van der Waals surface area contributed by atoms with Gasteiger partial charge in [-0.3, -0.25) is 0 Å². The van der Waals surface area contributed by atoms with Gasteiger partial charge in [-0.05, 0) is 25.4 Å². The quantitative estimate of drug-likeness (QED) is 0.690. The molecule has 0 unspecified atom stereocenters. The van der Waals surface area contributed by atoms with E-state index in [1.807, 2.05) is 0 Å². The van der Waals surface area contributed by atoms with Gasteiger partial charge < -0.3 is 4.52 Å². The molecule has 1 heterocycles. The molecule has 1 aromatic rings. The molecule has 3 heteroatoms. The summed E-state index contributed by atoms with van der Waals surface area (Å²) >= 11 is 0. The Hall–Kier alpha value is -0.440. The maximum atomic E-state index is 5.21. The number of hydrogen-bond donors (Lipinski definition) is 1. The third-order valence-corrected chi connectivity index (χ3v) is 3.04. The first-order chi connectivity index (χ1) is 5.27. The van der Waals surface area contributed by atoms with Crippen molar-refractivity contribution in [2.45, 2.75) is 23.9 Å². The molecule has 0 amide bonds. The van der Waals surface area contributed by atoms with Crippen molar-refractivity contribution < 1.29 is 4.52 Å². The minimum Gasteiger partial charge on any atom is -0.351 e. The second-order valence-electron chi connectivity index (χ2n) is 3.26. The van der Waals surface area contributed by atoms with Gasteiger partial charge in [-0.25, -0.2) is 0 Å². The molecule has 1 aliphatic carbocycles.